The molecule has 0 aliphatic carbocycles. The molecule has 2 aromatic carbocycles. The number of hydrogen-bond donors (Lipinski definition) is 1. The molecular formula is C20H23N5O4. The molecule has 0 aliphatic rings. The zero-order valence-electron chi connectivity index (χ0n) is 16.7. The molecule has 3 rings (SSSR count). The van der Waals surface area contributed by atoms with Gasteiger partial charge in [-0.15, -0.1) is 10.2 Å². The van der Waals surface area contributed by atoms with Crippen LogP contribution in [0.3, 0.4) is 0 Å². The number of urea groups is 1. The van der Waals surface area contributed by atoms with Crippen LogP contribution in [0.5, 0.6) is 17.2 Å². The predicted molar refractivity (Wildman–Crippen MR) is 108 cm³/mol. The lowest BCUT2D eigenvalue weighted by atomic mass is 10.1. The fourth-order valence-electron chi connectivity index (χ4n) is 2.80. The van der Waals surface area contributed by atoms with Gasteiger partial charge < -0.3 is 19.5 Å². The van der Waals surface area contributed by atoms with Gasteiger partial charge in [0.15, 0.2) is 11.5 Å². The number of rotatable bonds is 7. The largest absolute Gasteiger partial charge is 0.493 e. The van der Waals surface area contributed by atoms with E-state index >= 15 is 0 Å². The standard InChI is InChI=1S/C20H23N5O4/c1-14-5-7-16(8-6-14)23-20(26)25(24-12-21-22-13-24)11-15-9-17(27-2)19(29-4)18(10-15)28-3/h5-10,12-13H,11H2,1-4H3,(H,23,26). The molecule has 2 amide bonds. The van der Waals surface area contributed by atoms with Gasteiger partial charge in [0.05, 0.1) is 27.9 Å². The number of nitrogens with one attached hydrogen (secondary N) is 1. The van der Waals surface area contributed by atoms with Crippen LogP contribution in [0, 0.1) is 6.92 Å². The summed E-state index contributed by atoms with van der Waals surface area (Å²) in [6, 6.07) is 10.8. The molecule has 0 saturated heterocycles. The number of aryl methyl sites for hydroxylation is 1. The molecule has 0 unspecified atom stereocenters. The van der Waals surface area contributed by atoms with E-state index < -0.39 is 0 Å². The Morgan fingerprint density at radius 2 is 1.59 bits per heavy atom. The first-order valence-electron chi connectivity index (χ1n) is 8.84. The predicted octanol–water partition coefficient (Wildman–Crippen LogP) is 2.98. The van der Waals surface area contributed by atoms with Crippen molar-refractivity contribution in [1.82, 2.24) is 14.9 Å². The van der Waals surface area contributed by atoms with E-state index in [0.29, 0.717) is 22.9 Å². The number of carbonyl (C=O) groups excluding carboxylic acids is 1. The summed E-state index contributed by atoms with van der Waals surface area (Å²) in [6.45, 7) is 2.20. The Hall–Kier alpha value is -3.75. The first-order chi connectivity index (χ1) is 14.0. The summed E-state index contributed by atoms with van der Waals surface area (Å²) < 4.78 is 17.7. The number of aromatic nitrogens is 3. The van der Waals surface area contributed by atoms with Crippen LogP contribution in [0.4, 0.5) is 10.5 Å². The molecule has 152 valence electrons. The number of ether oxygens (including phenoxy) is 3. The number of amides is 2. The molecule has 29 heavy (non-hydrogen) atoms. The Morgan fingerprint density at radius 1 is 1.00 bits per heavy atom. The van der Waals surface area contributed by atoms with Gasteiger partial charge in [-0.3, -0.25) is 0 Å². The molecule has 0 atom stereocenters. The summed E-state index contributed by atoms with van der Waals surface area (Å²) in [4.78, 5) is 13.0. The number of methoxy groups -OCH3 is 3. The molecule has 0 fully saturated rings. The van der Waals surface area contributed by atoms with Gasteiger partial charge in [-0.2, -0.15) is 0 Å². The third-order valence-electron chi connectivity index (χ3n) is 4.28. The lowest BCUT2D eigenvalue weighted by Crippen LogP contribution is -2.42. The third-order valence-corrected chi connectivity index (χ3v) is 4.28. The van der Waals surface area contributed by atoms with Gasteiger partial charge >= 0.3 is 6.03 Å². The summed E-state index contributed by atoms with van der Waals surface area (Å²) in [6.07, 6.45) is 2.90. The number of hydrogen-bond acceptors (Lipinski definition) is 6. The number of benzene rings is 2. The van der Waals surface area contributed by atoms with Crippen molar-refractivity contribution in [2.24, 2.45) is 0 Å². The SMILES string of the molecule is COc1cc(CN(C(=O)Nc2ccc(C)cc2)n2cnnc2)cc(OC)c1OC. The second kappa shape index (κ2) is 8.96. The Morgan fingerprint density at radius 3 is 2.10 bits per heavy atom. The summed E-state index contributed by atoms with van der Waals surface area (Å²) >= 11 is 0. The molecule has 0 bridgehead atoms. The monoisotopic (exact) mass is 397 g/mol. The molecule has 9 heteroatoms. The summed E-state index contributed by atoms with van der Waals surface area (Å²) in [5, 5.41) is 11.9. The van der Waals surface area contributed by atoms with Crippen molar-refractivity contribution in [2.45, 2.75) is 13.5 Å². The molecule has 1 N–H and O–H groups in total. The van der Waals surface area contributed by atoms with Crippen molar-refractivity contribution in [2.75, 3.05) is 31.7 Å². The van der Waals surface area contributed by atoms with Crippen molar-refractivity contribution in [3.8, 4) is 17.2 Å². The molecule has 0 spiro atoms. The molecular weight excluding hydrogens is 374 g/mol. The normalized spacial score (nSPS) is 10.3. The molecule has 0 saturated carbocycles. The van der Waals surface area contributed by atoms with Crippen LogP contribution in [-0.2, 0) is 6.54 Å². The maximum atomic E-state index is 13.0. The van der Waals surface area contributed by atoms with E-state index in [1.807, 2.05) is 31.2 Å². The lowest BCUT2D eigenvalue weighted by Gasteiger charge is -2.24. The fourth-order valence-corrected chi connectivity index (χ4v) is 2.80. The van der Waals surface area contributed by atoms with Crippen LogP contribution < -0.4 is 24.5 Å². The van der Waals surface area contributed by atoms with E-state index in [1.54, 1.807) is 33.5 Å². The van der Waals surface area contributed by atoms with Gasteiger partial charge in [0.1, 0.15) is 12.7 Å². The van der Waals surface area contributed by atoms with Crippen LogP contribution in [0.15, 0.2) is 49.1 Å². The molecule has 0 radical (unpaired) electrons. The van der Waals surface area contributed by atoms with Crippen molar-refractivity contribution in [3.63, 3.8) is 0 Å². The quantitative estimate of drug-likeness (QED) is 0.659. The Balaban J connectivity index is 1.90. The van der Waals surface area contributed by atoms with Crippen LogP contribution in [0.1, 0.15) is 11.1 Å². The van der Waals surface area contributed by atoms with Crippen molar-refractivity contribution in [3.05, 3.63) is 60.2 Å². The molecule has 1 heterocycles. The van der Waals surface area contributed by atoms with Crippen LogP contribution >= 0.6 is 0 Å². The van der Waals surface area contributed by atoms with Gasteiger partial charge in [0.2, 0.25) is 5.75 Å². The zero-order valence-corrected chi connectivity index (χ0v) is 16.7. The van der Waals surface area contributed by atoms with E-state index in [9.17, 15) is 4.79 Å². The first-order valence-corrected chi connectivity index (χ1v) is 8.84. The minimum Gasteiger partial charge on any atom is -0.493 e. The van der Waals surface area contributed by atoms with E-state index in [1.165, 1.54) is 22.3 Å². The second-order valence-corrected chi connectivity index (χ2v) is 6.23. The van der Waals surface area contributed by atoms with Gasteiger partial charge in [0.25, 0.3) is 0 Å². The number of nitrogens with zero attached hydrogens (tertiary/aromatic N) is 4. The minimum absolute atomic E-state index is 0.215. The highest BCUT2D eigenvalue weighted by Crippen LogP contribution is 2.38. The Kier molecular flexibility index (Phi) is 6.18. The van der Waals surface area contributed by atoms with Gasteiger partial charge in [-0.1, -0.05) is 17.7 Å². The van der Waals surface area contributed by atoms with Gasteiger partial charge in [0, 0.05) is 5.69 Å². The molecule has 1 aromatic heterocycles. The third kappa shape index (κ3) is 4.57. The summed E-state index contributed by atoms with van der Waals surface area (Å²) in [5.41, 5.74) is 2.56. The fraction of sp³-hybridized carbons (Fsp3) is 0.250. The summed E-state index contributed by atoms with van der Waals surface area (Å²) in [5.74, 6) is 1.49. The van der Waals surface area contributed by atoms with E-state index in [0.717, 1.165) is 11.1 Å². The highest BCUT2D eigenvalue weighted by Gasteiger charge is 2.20. The number of carbonyl (C=O) groups is 1. The lowest BCUT2D eigenvalue weighted by molar-refractivity contribution is 0.251. The second-order valence-electron chi connectivity index (χ2n) is 6.23. The van der Waals surface area contributed by atoms with Crippen LogP contribution in [0.25, 0.3) is 0 Å². The van der Waals surface area contributed by atoms with E-state index in [-0.39, 0.29) is 12.6 Å². The van der Waals surface area contributed by atoms with Crippen molar-refractivity contribution < 1.29 is 19.0 Å². The highest BCUT2D eigenvalue weighted by atomic mass is 16.5. The van der Waals surface area contributed by atoms with Gasteiger partial charge in [-0.25, -0.2) is 14.5 Å². The Labute approximate surface area is 168 Å². The van der Waals surface area contributed by atoms with Crippen LogP contribution in [0.2, 0.25) is 0 Å². The average Bonchev–Trinajstić information content (AvgIpc) is 3.27. The molecule has 9 nitrogen and oxygen atoms in total. The number of anilines is 1. The minimum atomic E-state index is -0.345. The van der Waals surface area contributed by atoms with Gasteiger partial charge in [-0.05, 0) is 36.8 Å². The van der Waals surface area contributed by atoms with E-state index in [2.05, 4.69) is 15.5 Å². The zero-order chi connectivity index (χ0) is 20.8. The maximum Gasteiger partial charge on any atom is 0.341 e. The molecule has 0 aliphatic heterocycles. The van der Waals surface area contributed by atoms with Crippen LogP contribution in [-0.4, -0.2) is 42.2 Å². The maximum absolute atomic E-state index is 13.0. The topological polar surface area (TPSA) is 90.7 Å². The smallest absolute Gasteiger partial charge is 0.341 e. The first kappa shape index (κ1) is 20.0. The Bertz CT molecular complexity index is 933. The van der Waals surface area contributed by atoms with Crippen molar-refractivity contribution in [1.29, 1.82) is 0 Å². The summed E-state index contributed by atoms with van der Waals surface area (Å²) in [7, 11) is 4.63. The average molecular weight is 397 g/mol. The highest BCUT2D eigenvalue weighted by molar-refractivity contribution is 5.96. The van der Waals surface area contributed by atoms with E-state index in [4.69, 9.17) is 14.2 Å². The van der Waals surface area contributed by atoms with Crippen molar-refractivity contribution >= 4 is 11.7 Å². The molecule has 3 aromatic rings.